The fourth-order valence-corrected chi connectivity index (χ4v) is 2.23. The van der Waals surface area contributed by atoms with Gasteiger partial charge in [0.1, 0.15) is 5.76 Å². The molecule has 0 aliphatic carbocycles. The van der Waals surface area contributed by atoms with Gasteiger partial charge >= 0.3 is 0 Å². The van der Waals surface area contributed by atoms with Crippen LogP contribution in [-0.2, 0) is 4.79 Å². The summed E-state index contributed by atoms with van der Waals surface area (Å²) >= 11 is 0. The number of allylic oxidation sites excluding steroid dienone is 2. The summed E-state index contributed by atoms with van der Waals surface area (Å²) in [4.78, 5) is 11.9. The van der Waals surface area contributed by atoms with Crippen LogP contribution in [-0.4, -0.2) is 35.3 Å². The predicted molar refractivity (Wildman–Crippen MR) is 102 cm³/mol. The molecule has 3 N–H and O–H groups in total. The van der Waals surface area contributed by atoms with E-state index in [1.807, 2.05) is 0 Å². The van der Waals surface area contributed by atoms with Gasteiger partial charge in [0.05, 0.1) is 14.2 Å². The molecular formula is C21H20O6. The van der Waals surface area contributed by atoms with Gasteiger partial charge in [-0.2, -0.15) is 0 Å². The van der Waals surface area contributed by atoms with Gasteiger partial charge in [-0.05, 0) is 48.0 Å². The molecule has 6 nitrogen and oxygen atoms in total. The highest BCUT2D eigenvalue weighted by Gasteiger charge is 2.07. The number of phenolic OH excluding ortho intramolecular Hbond substituents is 2. The van der Waals surface area contributed by atoms with Gasteiger partial charge in [-0.25, -0.2) is 0 Å². The quantitative estimate of drug-likeness (QED) is 0.390. The van der Waals surface area contributed by atoms with Crippen LogP contribution < -0.4 is 9.47 Å². The average Bonchev–Trinajstić information content (AvgIpc) is 2.66. The van der Waals surface area contributed by atoms with Gasteiger partial charge in [-0.1, -0.05) is 6.07 Å². The first-order chi connectivity index (χ1) is 12.9. The van der Waals surface area contributed by atoms with E-state index in [0.717, 1.165) is 11.6 Å². The second-order valence-corrected chi connectivity index (χ2v) is 5.53. The first-order valence-corrected chi connectivity index (χ1v) is 8.03. The van der Waals surface area contributed by atoms with Gasteiger partial charge in [0.2, 0.25) is 0 Å². The fourth-order valence-electron chi connectivity index (χ4n) is 2.23. The van der Waals surface area contributed by atoms with Crippen LogP contribution >= 0.6 is 0 Å². The molecule has 2 aromatic carbocycles. The summed E-state index contributed by atoms with van der Waals surface area (Å²) in [5, 5.41) is 29.1. The second-order valence-electron chi connectivity index (χ2n) is 5.53. The number of aromatic hydroxyl groups is 2. The number of methoxy groups -OCH3 is 2. The summed E-state index contributed by atoms with van der Waals surface area (Å²) < 4.78 is 9.99. The monoisotopic (exact) mass is 368 g/mol. The standard InChI is InChI=1S/C21H20O6/c1-26-20-11-14(7-9-17(20)23)5-3-4-6-16(22)13-19(25)15-8-10-18(24)21(12-15)27-2/h4-5,7-13,23-25H,6H2,1-2H3/b19-13-. The molecule has 0 bridgehead atoms. The van der Waals surface area contributed by atoms with Crippen LogP contribution in [0.25, 0.3) is 11.8 Å². The minimum Gasteiger partial charge on any atom is -0.507 e. The zero-order valence-electron chi connectivity index (χ0n) is 15.0. The number of carbonyl (C=O) groups is 1. The molecule has 0 fully saturated rings. The van der Waals surface area contributed by atoms with Gasteiger partial charge in [-0.15, -0.1) is 5.73 Å². The van der Waals surface area contributed by atoms with Crippen molar-refractivity contribution in [1.29, 1.82) is 0 Å². The van der Waals surface area contributed by atoms with Crippen molar-refractivity contribution in [3.8, 4) is 23.0 Å². The Labute approximate surface area is 156 Å². The molecule has 6 heteroatoms. The van der Waals surface area contributed by atoms with E-state index in [9.17, 15) is 20.1 Å². The lowest BCUT2D eigenvalue weighted by molar-refractivity contribution is -0.113. The molecular weight excluding hydrogens is 348 g/mol. The number of rotatable bonds is 7. The van der Waals surface area contributed by atoms with E-state index < -0.39 is 0 Å². The van der Waals surface area contributed by atoms with Gasteiger partial charge in [0, 0.05) is 18.1 Å². The van der Waals surface area contributed by atoms with Gasteiger partial charge in [0.15, 0.2) is 28.8 Å². The lowest BCUT2D eigenvalue weighted by atomic mass is 10.1. The van der Waals surface area contributed by atoms with Crippen molar-refractivity contribution < 1.29 is 29.6 Å². The first-order valence-electron chi connectivity index (χ1n) is 8.03. The highest BCUT2D eigenvalue weighted by Crippen LogP contribution is 2.29. The van der Waals surface area contributed by atoms with Crippen LogP contribution in [0.15, 0.2) is 54.3 Å². The molecule has 0 unspecified atom stereocenters. The minimum atomic E-state index is -0.316. The second kappa shape index (κ2) is 9.17. The molecule has 2 aromatic rings. The number of carbonyl (C=O) groups excluding carboxylic acids is 1. The highest BCUT2D eigenvalue weighted by atomic mass is 16.5. The van der Waals surface area contributed by atoms with E-state index in [4.69, 9.17) is 9.47 Å². The largest absolute Gasteiger partial charge is 0.507 e. The van der Waals surface area contributed by atoms with E-state index in [1.165, 1.54) is 44.6 Å². The fraction of sp³-hybridized carbons (Fsp3) is 0.143. The average molecular weight is 368 g/mol. The summed E-state index contributed by atoms with van der Waals surface area (Å²) in [6.07, 6.45) is 4.32. The smallest absolute Gasteiger partial charge is 0.163 e. The maximum atomic E-state index is 11.9. The molecule has 2 rings (SSSR count). The molecule has 0 saturated carbocycles. The van der Waals surface area contributed by atoms with E-state index >= 15 is 0 Å². The van der Waals surface area contributed by atoms with Crippen molar-refractivity contribution >= 4 is 17.6 Å². The van der Waals surface area contributed by atoms with Crippen LogP contribution in [0.4, 0.5) is 0 Å². The molecule has 0 aromatic heterocycles. The number of hydrogen-bond donors (Lipinski definition) is 3. The topological polar surface area (TPSA) is 96.2 Å². The lowest BCUT2D eigenvalue weighted by Gasteiger charge is -2.05. The van der Waals surface area contributed by atoms with E-state index in [1.54, 1.807) is 18.2 Å². The summed E-state index contributed by atoms with van der Waals surface area (Å²) in [5.74, 6) is -0.00636. The Bertz CT molecular complexity index is 920. The van der Waals surface area contributed by atoms with Crippen molar-refractivity contribution in [3.05, 3.63) is 65.4 Å². The van der Waals surface area contributed by atoms with E-state index in [2.05, 4.69) is 5.73 Å². The zero-order valence-corrected chi connectivity index (χ0v) is 15.0. The first kappa shape index (κ1) is 19.7. The number of phenols is 2. The SMILES string of the molecule is COc1cc(C=C=CCC(=O)/C=C(\O)c2ccc(O)c(OC)c2)ccc1O. The highest BCUT2D eigenvalue weighted by molar-refractivity contribution is 5.96. The molecule has 0 atom stereocenters. The van der Waals surface area contributed by atoms with Crippen molar-refractivity contribution in [2.24, 2.45) is 0 Å². The molecule has 0 aliphatic heterocycles. The minimum absolute atomic E-state index is 0.0419. The number of hydrogen-bond acceptors (Lipinski definition) is 6. The number of ketones is 1. The van der Waals surface area contributed by atoms with E-state index in [0.29, 0.717) is 11.3 Å². The summed E-state index contributed by atoms with van der Waals surface area (Å²) in [6.45, 7) is 0. The van der Waals surface area contributed by atoms with Crippen molar-refractivity contribution in [2.45, 2.75) is 6.42 Å². The Kier molecular flexibility index (Phi) is 6.69. The van der Waals surface area contributed by atoms with Crippen molar-refractivity contribution in [2.75, 3.05) is 14.2 Å². The Morgan fingerprint density at radius 2 is 1.67 bits per heavy atom. The van der Waals surface area contributed by atoms with Gasteiger partial charge < -0.3 is 24.8 Å². The predicted octanol–water partition coefficient (Wildman–Crippen LogP) is 3.84. The molecule has 0 heterocycles. The molecule has 27 heavy (non-hydrogen) atoms. The molecule has 0 spiro atoms. The maximum absolute atomic E-state index is 11.9. The van der Waals surface area contributed by atoms with Crippen LogP contribution in [0.2, 0.25) is 0 Å². The summed E-state index contributed by atoms with van der Waals surface area (Å²) in [7, 11) is 2.85. The normalized spacial score (nSPS) is 10.7. The third kappa shape index (κ3) is 5.42. The molecule has 0 radical (unpaired) electrons. The Morgan fingerprint density at radius 3 is 2.33 bits per heavy atom. The third-order valence-corrected chi connectivity index (χ3v) is 3.65. The lowest BCUT2D eigenvalue weighted by Crippen LogP contribution is -1.94. The van der Waals surface area contributed by atoms with Gasteiger partial charge in [0.25, 0.3) is 0 Å². The third-order valence-electron chi connectivity index (χ3n) is 3.65. The Hall–Kier alpha value is -3.63. The number of aliphatic hydroxyl groups excluding tert-OH is 1. The Balaban J connectivity index is 2.04. The van der Waals surface area contributed by atoms with Crippen LogP contribution in [0, 0.1) is 0 Å². The van der Waals surface area contributed by atoms with Crippen LogP contribution in [0.5, 0.6) is 23.0 Å². The Morgan fingerprint density at radius 1 is 1.04 bits per heavy atom. The van der Waals surface area contributed by atoms with Crippen molar-refractivity contribution in [1.82, 2.24) is 0 Å². The number of aliphatic hydroxyl groups is 1. The summed E-state index contributed by atoms with van der Waals surface area (Å²) in [5.41, 5.74) is 3.98. The number of benzene rings is 2. The van der Waals surface area contributed by atoms with Crippen LogP contribution in [0.3, 0.4) is 0 Å². The molecule has 0 saturated heterocycles. The molecule has 140 valence electrons. The number of ether oxygens (including phenoxy) is 2. The van der Waals surface area contributed by atoms with Crippen LogP contribution in [0.1, 0.15) is 17.5 Å². The maximum Gasteiger partial charge on any atom is 0.163 e. The van der Waals surface area contributed by atoms with Crippen molar-refractivity contribution in [3.63, 3.8) is 0 Å². The molecule has 0 aliphatic rings. The van der Waals surface area contributed by atoms with Gasteiger partial charge in [-0.3, -0.25) is 4.79 Å². The molecule has 0 amide bonds. The van der Waals surface area contributed by atoms with E-state index in [-0.39, 0.29) is 35.2 Å². The summed E-state index contributed by atoms with van der Waals surface area (Å²) in [6, 6.07) is 9.11. The zero-order chi connectivity index (χ0) is 19.8.